The maximum Gasteiger partial charge on any atom is 0.234 e. The number of likely N-dealkylation sites (tertiary alicyclic amines) is 1. The number of benzene rings is 1. The number of aromatic nitrogens is 1. The topological polar surface area (TPSA) is 87.7 Å². The standard InChI is InChI=1S/C23H19N3O4/c1-25-22(29)15-16(23(25)30)19-21(28)17(20(27)13-8-4-5-9-24-13)14-12-7-3-2-6-11(12)10-26(19)18(14)15/h2-9,14-19H,10H2,1H3/t14?,15-,16+,17+,18-,19+/m1/s1. The fourth-order valence-corrected chi connectivity index (χ4v) is 6.21. The molecular weight excluding hydrogens is 382 g/mol. The van der Waals surface area contributed by atoms with Crippen LogP contribution in [0.25, 0.3) is 0 Å². The average Bonchev–Trinajstić information content (AvgIpc) is 3.16. The number of amides is 2. The lowest BCUT2D eigenvalue weighted by Gasteiger charge is -2.48. The maximum atomic E-state index is 13.8. The molecule has 0 aliphatic carbocycles. The first-order chi connectivity index (χ1) is 14.5. The number of imide groups is 1. The highest BCUT2D eigenvalue weighted by Gasteiger charge is 2.71. The Balaban J connectivity index is 1.56. The Morgan fingerprint density at radius 1 is 0.967 bits per heavy atom. The van der Waals surface area contributed by atoms with Crippen molar-refractivity contribution in [2.75, 3.05) is 7.05 Å². The number of Topliss-reactive ketones (excluding diaryl/α,β-unsaturated/α-hetero) is 2. The molecule has 4 aliphatic rings. The molecule has 4 bridgehead atoms. The minimum absolute atomic E-state index is 0.242. The van der Waals surface area contributed by atoms with Crippen LogP contribution in [0.15, 0.2) is 48.7 Å². The van der Waals surface area contributed by atoms with Gasteiger partial charge < -0.3 is 0 Å². The van der Waals surface area contributed by atoms with E-state index < -0.39 is 29.7 Å². The molecule has 2 unspecified atom stereocenters. The van der Waals surface area contributed by atoms with Crippen molar-refractivity contribution in [3.63, 3.8) is 0 Å². The molecule has 1 aromatic carbocycles. The molecular formula is C23H19N3O4. The molecule has 1 aromatic heterocycles. The van der Waals surface area contributed by atoms with Gasteiger partial charge in [-0.25, -0.2) is 0 Å². The minimum atomic E-state index is -0.941. The Kier molecular flexibility index (Phi) is 3.48. The van der Waals surface area contributed by atoms with Crippen LogP contribution in [0.1, 0.15) is 27.5 Å². The van der Waals surface area contributed by atoms with Gasteiger partial charge in [0.05, 0.1) is 23.8 Å². The lowest BCUT2D eigenvalue weighted by atomic mass is 9.68. The molecule has 0 saturated carbocycles. The monoisotopic (exact) mass is 401 g/mol. The lowest BCUT2D eigenvalue weighted by molar-refractivity contribution is -0.145. The highest BCUT2D eigenvalue weighted by Crippen LogP contribution is 2.57. The van der Waals surface area contributed by atoms with E-state index in [1.54, 1.807) is 18.2 Å². The molecule has 150 valence electrons. The summed E-state index contributed by atoms with van der Waals surface area (Å²) in [5, 5.41) is 0. The van der Waals surface area contributed by atoms with E-state index in [-0.39, 0.29) is 35.1 Å². The van der Waals surface area contributed by atoms with Crippen LogP contribution in [0.5, 0.6) is 0 Å². The van der Waals surface area contributed by atoms with Crippen molar-refractivity contribution in [3.8, 4) is 0 Å². The van der Waals surface area contributed by atoms with Crippen LogP contribution in [0.3, 0.4) is 0 Å². The number of nitrogens with zero attached hydrogens (tertiary/aromatic N) is 3. The number of rotatable bonds is 2. The van der Waals surface area contributed by atoms with Gasteiger partial charge in [-0.2, -0.15) is 0 Å². The number of fused-ring (bicyclic) bond motifs is 4. The summed E-state index contributed by atoms with van der Waals surface area (Å²) in [5.74, 6) is -3.85. The first-order valence-electron chi connectivity index (χ1n) is 10.1. The number of carbonyl (C=O) groups is 4. The van der Waals surface area contributed by atoms with Gasteiger partial charge in [-0.15, -0.1) is 0 Å². The third-order valence-corrected chi connectivity index (χ3v) is 7.36. The summed E-state index contributed by atoms with van der Waals surface area (Å²) < 4.78 is 0. The fraction of sp³-hybridized carbons (Fsp3) is 0.348. The Morgan fingerprint density at radius 3 is 2.47 bits per heavy atom. The third kappa shape index (κ3) is 2.00. The maximum absolute atomic E-state index is 13.8. The summed E-state index contributed by atoms with van der Waals surface area (Å²) in [4.78, 5) is 60.5. The van der Waals surface area contributed by atoms with E-state index in [1.807, 2.05) is 29.2 Å². The second kappa shape index (κ2) is 5.92. The van der Waals surface area contributed by atoms with E-state index in [0.29, 0.717) is 6.54 Å². The lowest BCUT2D eigenvalue weighted by Crippen LogP contribution is -2.60. The first-order valence-corrected chi connectivity index (χ1v) is 10.1. The van der Waals surface area contributed by atoms with Crippen molar-refractivity contribution in [2.24, 2.45) is 17.8 Å². The van der Waals surface area contributed by atoms with Crippen LogP contribution in [-0.4, -0.2) is 57.3 Å². The van der Waals surface area contributed by atoms with Gasteiger partial charge >= 0.3 is 0 Å². The molecule has 0 spiro atoms. The summed E-state index contributed by atoms with van der Waals surface area (Å²) >= 11 is 0. The van der Waals surface area contributed by atoms with Crippen LogP contribution >= 0.6 is 0 Å². The number of pyridine rings is 1. The van der Waals surface area contributed by atoms with Gasteiger partial charge in [0.15, 0.2) is 11.6 Å². The normalized spacial score (nSPS) is 36.0. The number of hydrogen-bond donors (Lipinski definition) is 0. The second-order valence-electron chi connectivity index (χ2n) is 8.58. The highest BCUT2D eigenvalue weighted by molar-refractivity contribution is 6.17. The number of ketones is 2. The molecule has 2 aromatic rings. The van der Waals surface area contributed by atoms with Crippen LogP contribution in [0.4, 0.5) is 0 Å². The van der Waals surface area contributed by atoms with Crippen molar-refractivity contribution in [1.29, 1.82) is 0 Å². The quantitative estimate of drug-likeness (QED) is 0.425. The van der Waals surface area contributed by atoms with E-state index in [2.05, 4.69) is 4.98 Å². The molecule has 0 N–H and O–H groups in total. The highest BCUT2D eigenvalue weighted by atomic mass is 16.2. The summed E-state index contributed by atoms with van der Waals surface area (Å²) in [6.45, 7) is 0.509. The van der Waals surface area contributed by atoms with Crippen molar-refractivity contribution in [2.45, 2.75) is 24.5 Å². The molecule has 3 saturated heterocycles. The zero-order valence-electron chi connectivity index (χ0n) is 16.3. The summed E-state index contributed by atoms with van der Waals surface area (Å²) in [6.07, 6.45) is 1.53. The van der Waals surface area contributed by atoms with E-state index in [1.165, 1.54) is 13.2 Å². The molecule has 3 fully saturated rings. The van der Waals surface area contributed by atoms with Gasteiger partial charge in [0.2, 0.25) is 11.8 Å². The molecule has 30 heavy (non-hydrogen) atoms. The minimum Gasteiger partial charge on any atom is -0.297 e. The zero-order chi connectivity index (χ0) is 20.7. The van der Waals surface area contributed by atoms with Gasteiger partial charge in [0.25, 0.3) is 0 Å². The van der Waals surface area contributed by atoms with Gasteiger partial charge in [-0.1, -0.05) is 30.3 Å². The summed E-state index contributed by atoms with van der Waals surface area (Å²) in [7, 11) is 1.48. The summed E-state index contributed by atoms with van der Waals surface area (Å²) in [6, 6.07) is 11.7. The predicted molar refractivity (Wildman–Crippen MR) is 104 cm³/mol. The molecule has 6 rings (SSSR count). The van der Waals surface area contributed by atoms with Crippen LogP contribution < -0.4 is 0 Å². The first kappa shape index (κ1) is 17.7. The zero-order valence-corrected chi connectivity index (χ0v) is 16.3. The van der Waals surface area contributed by atoms with Crippen LogP contribution in [-0.2, 0) is 20.9 Å². The average molecular weight is 401 g/mol. The number of piperidine rings is 1. The van der Waals surface area contributed by atoms with Crippen LogP contribution in [0.2, 0.25) is 0 Å². The third-order valence-electron chi connectivity index (χ3n) is 7.36. The van der Waals surface area contributed by atoms with Gasteiger partial charge in [0, 0.05) is 31.7 Å². The van der Waals surface area contributed by atoms with Crippen molar-refractivity contribution >= 4 is 23.4 Å². The SMILES string of the molecule is CN1C(=O)[C@@H]2[C@H](C1=O)[C@H]1C(=O)[C@H](C(=O)c3ccccn3)C3c4ccccc4CN1[C@H]32. The molecule has 7 nitrogen and oxygen atoms in total. The second-order valence-corrected chi connectivity index (χ2v) is 8.58. The van der Waals surface area contributed by atoms with Gasteiger partial charge in [-0.05, 0) is 23.3 Å². The molecule has 7 atom stereocenters. The summed E-state index contributed by atoms with van der Waals surface area (Å²) in [5.41, 5.74) is 2.21. The largest absolute Gasteiger partial charge is 0.297 e. The van der Waals surface area contributed by atoms with E-state index >= 15 is 0 Å². The van der Waals surface area contributed by atoms with E-state index in [0.717, 1.165) is 16.0 Å². The van der Waals surface area contributed by atoms with Crippen molar-refractivity contribution in [1.82, 2.24) is 14.8 Å². The molecule has 5 heterocycles. The van der Waals surface area contributed by atoms with Gasteiger partial charge in [0.1, 0.15) is 5.69 Å². The molecule has 0 radical (unpaired) electrons. The molecule has 2 amide bonds. The predicted octanol–water partition coefficient (Wildman–Crippen LogP) is 1.04. The Bertz CT molecular complexity index is 1130. The number of hydrogen-bond acceptors (Lipinski definition) is 6. The van der Waals surface area contributed by atoms with Crippen molar-refractivity contribution in [3.05, 3.63) is 65.5 Å². The fourth-order valence-electron chi connectivity index (χ4n) is 6.21. The van der Waals surface area contributed by atoms with E-state index in [4.69, 9.17) is 0 Å². The van der Waals surface area contributed by atoms with Gasteiger partial charge in [-0.3, -0.25) is 34.0 Å². The Morgan fingerprint density at radius 2 is 1.70 bits per heavy atom. The van der Waals surface area contributed by atoms with Crippen LogP contribution in [0, 0.1) is 17.8 Å². The number of carbonyl (C=O) groups excluding carboxylic acids is 4. The smallest absolute Gasteiger partial charge is 0.234 e. The molecule has 7 heteroatoms. The van der Waals surface area contributed by atoms with Crippen molar-refractivity contribution < 1.29 is 19.2 Å². The molecule has 4 aliphatic heterocycles. The Hall–Kier alpha value is -3.19. The van der Waals surface area contributed by atoms with E-state index in [9.17, 15) is 19.2 Å². The Labute approximate surface area is 172 Å².